The maximum absolute atomic E-state index is 4.59. The van der Waals surface area contributed by atoms with Crippen molar-refractivity contribution in [2.75, 3.05) is 5.43 Å². The van der Waals surface area contributed by atoms with Crippen LogP contribution in [0.25, 0.3) is 0 Å². The molecule has 1 aromatic rings. The molecule has 5 heteroatoms. The number of hydrogen-bond donors (Lipinski definition) is 2. The summed E-state index contributed by atoms with van der Waals surface area (Å²) in [6.45, 7) is 6.25. The Balaban J connectivity index is 2.26. The lowest BCUT2D eigenvalue weighted by Gasteiger charge is -2.23. The summed E-state index contributed by atoms with van der Waals surface area (Å²) in [5, 5.41) is 0.901. The molecule has 16 heavy (non-hydrogen) atoms. The minimum absolute atomic E-state index is 0.0689. The predicted octanol–water partition coefficient (Wildman–Crippen LogP) is 3.63. The predicted molar refractivity (Wildman–Crippen MR) is 73.9 cm³/mol. The molecule has 1 aromatic carbocycles. The number of hydrazine groups is 1. The van der Waals surface area contributed by atoms with Gasteiger partial charge in [0.2, 0.25) is 0 Å². The second kappa shape index (κ2) is 4.30. The summed E-state index contributed by atoms with van der Waals surface area (Å²) in [5.74, 6) is 0. The molecule has 1 aliphatic rings. The number of benzene rings is 1. The van der Waals surface area contributed by atoms with Gasteiger partial charge in [-0.25, -0.2) is 0 Å². The molecule has 1 heterocycles. The Labute approximate surface area is 108 Å². The molecule has 0 radical (unpaired) electrons. The summed E-state index contributed by atoms with van der Waals surface area (Å²) >= 11 is 5.11. The van der Waals surface area contributed by atoms with Crippen molar-refractivity contribution in [2.45, 2.75) is 31.2 Å². The first-order valence-corrected chi connectivity index (χ1v) is 6.64. The van der Waals surface area contributed by atoms with Crippen LogP contribution in [0.1, 0.15) is 20.8 Å². The molecule has 0 aliphatic carbocycles. The van der Waals surface area contributed by atoms with E-state index in [4.69, 9.17) is 0 Å². The third-order valence-electron chi connectivity index (χ3n) is 1.89. The van der Waals surface area contributed by atoms with Crippen molar-refractivity contribution >= 4 is 38.5 Å². The molecule has 0 aromatic heterocycles. The van der Waals surface area contributed by atoms with Gasteiger partial charge in [0, 0.05) is 9.37 Å². The lowest BCUT2D eigenvalue weighted by molar-refractivity contribution is 0.583. The molecular weight excluding hydrogens is 286 g/mol. The fourth-order valence-corrected chi connectivity index (χ4v) is 2.85. The van der Waals surface area contributed by atoms with E-state index in [-0.39, 0.29) is 5.54 Å². The van der Waals surface area contributed by atoms with E-state index in [9.17, 15) is 0 Å². The number of hydrogen-bond acceptors (Lipinski definition) is 3. The number of nitrogens with one attached hydrogen (secondary N) is 2. The summed E-state index contributed by atoms with van der Waals surface area (Å²) in [6, 6.07) is 6.14. The minimum atomic E-state index is -0.0689. The third-order valence-corrected chi connectivity index (χ3v) is 3.33. The first-order valence-electron chi connectivity index (χ1n) is 5.03. The largest absolute Gasteiger partial charge is 0.298 e. The Morgan fingerprint density at radius 3 is 2.69 bits per heavy atom. The Hall–Kier alpha value is -0.680. The number of nitrogens with zero attached hydrogens (tertiary/aromatic N) is 1. The van der Waals surface area contributed by atoms with Crippen molar-refractivity contribution in [1.29, 1.82) is 0 Å². The first-order chi connectivity index (χ1) is 7.44. The maximum Gasteiger partial charge on any atom is 0.180 e. The molecule has 0 spiro atoms. The van der Waals surface area contributed by atoms with Crippen LogP contribution < -0.4 is 10.9 Å². The SMILES string of the molecule is CC(C)(C)N=C1NNc2ccc(Br)cc2S1. The van der Waals surface area contributed by atoms with Crippen LogP contribution in [0.4, 0.5) is 5.69 Å². The van der Waals surface area contributed by atoms with Crippen LogP contribution in [-0.2, 0) is 0 Å². The van der Waals surface area contributed by atoms with Crippen molar-refractivity contribution in [3.8, 4) is 0 Å². The van der Waals surface area contributed by atoms with Crippen molar-refractivity contribution in [3.05, 3.63) is 22.7 Å². The van der Waals surface area contributed by atoms with Gasteiger partial charge in [0.05, 0.1) is 11.2 Å². The van der Waals surface area contributed by atoms with Gasteiger partial charge < -0.3 is 0 Å². The number of rotatable bonds is 0. The summed E-state index contributed by atoms with van der Waals surface area (Å²) in [6.07, 6.45) is 0. The number of amidine groups is 1. The zero-order valence-corrected chi connectivity index (χ0v) is 11.9. The Morgan fingerprint density at radius 1 is 1.25 bits per heavy atom. The smallest absolute Gasteiger partial charge is 0.180 e. The van der Waals surface area contributed by atoms with E-state index in [0.717, 1.165) is 15.3 Å². The molecule has 0 fully saturated rings. The van der Waals surface area contributed by atoms with Crippen molar-refractivity contribution in [2.24, 2.45) is 4.99 Å². The second-order valence-corrected chi connectivity index (χ2v) is 6.53. The summed E-state index contributed by atoms with van der Waals surface area (Å²) in [7, 11) is 0. The zero-order valence-electron chi connectivity index (χ0n) is 9.47. The van der Waals surface area contributed by atoms with Gasteiger partial charge in [0.1, 0.15) is 0 Å². The van der Waals surface area contributed by atoms with Crippen LogP contribution in [-0.4, -0.2) is 10.7 Å². The molecule has 0 saturated carbocycles. The number of thioether (sulfide) groups is 1. The van der Waals surface area contributed by atoms with E-state index in [1.54, 1.807) is 11.8 Å². The van der Waals surface area contributed by atoms with Crippen molar-refractivity contribution < 1.29 is 0 Å². The van der Waals surface area contributed by atoms with E-state index in [2.05, 4.69) is 58.6 Å². The fraction of sp³-hybridized carbons (Fsp3) is 0.364. The summed E-state index contributed by atoms with van der Waals surface area (Å²) < 4.78 is 1.08. The zero-order chi connectivity index (χ0) is 11.8. The molecule has 0 unspecified atom stereocenters. The maximum atomic E-state index is 4.59. The molecule has 3 nitrogen and oxygen atoms in total. The Kier molecular flexibility index (Phi) is 3.17. The van der Waals surface area contributed by atoms with Gasteiger partial charge in [-0.2, -0.15) is 0 Å². The Morgan fingerprint density at radius 2 is 2.00 bits per heavy atom. The monoisotopic (exact) mass is 299 g/mol. The number of halogens is 1. The molecule has 2 N–H and O–H groups in total. The fourth-order valence-electron chi connectivity index (χ4n) is 1.29. The molecule has 86 valence electrons. The minimum Gasteiger partial charge on any atom is -0.298 e. The third kappa shape index (κ3) is 2.92. The highest BCUT2D eigenvalue weighted by Gasteiger charge is 2.17. The highest BCUT2D eigenvalue weighted by molar-refractivity contribution is 9.10. The first kappa shape index (κ1) is 11.8. The molecule has 2 rings (SSSR count). The van der Waals surface area contributed by atoms with Crippen LogP contribution in [0.15, 0.2) is 32.6 Å². The van der Waals surface area contributed by atoms with Gasteiger partial charge >= 0.3 is 0 Å². The lowest BCUT2D eigenvalue weighted by atomic mass is 10.1. The highest BCUT2D eigenvalue weighted by atomic mass is 79.9. The molecule has 0 atom stereocenters. The van der Waals surface area contributed by atoms with Crippen LogP contribution in [0.2, 0.25) is 0 Å². The van der Waals surface area contributed by atoms with E-state index in [1.165, 1.54) is 4.90 Å². The molecule has 0 bridgehead atoms. The number of aliphatic imine (C=N–C) groups is 1. The van der Waals surface area contributed by atoms with Gasteiger partial charge in [0.15, 0.2) is 5.17 Å². The van der Waals surface area contributed by atoms with Gasteiger partial charge in [-0.15, -0.1) is 0 Å². The average molecular weight is 300 g/mol. The van der Waals surface area contributed by atoms with Crippen LogP contribution >= 0.6 is 27.7 Å². The average Bonchev–Trinajstić information content (AvgIpc) is 2.14. The topological polar surface area (TPSA) is 36.4 Å². The normalized spacial score (nSPS) is 17.6. The van der Waals surface area contributed by atoms with Crippen molar-refractivity contribution in [1.82, 2.24) is 5.43 Å². The second-order valence-electron chi connectivity index (χ2n) is 4.58. The Bertz CT molecular complexity index is 437. The van der Waals surface area contributed by atoms with Gasteiger partial charge in [-0.05, 0) is 50.7 Å². The van der Waals surface area contributed by atoms with Crippen molar-refractivity contribution in [3.63, 3.8) is 0 Å². The lowest BCUT2D eigenvalue weighted by Crippen LogP contribution is -2.32. The summed E-state index contributed by atoms with van der Waals surface area (Å²) in [5.41, 5.74) is 7.25. The van der Waals surface area contributed by atoms with Gasteiger partial charge in [-0.3, -0.25) is 15.8 Å². The molecular formula is C11H14BrN3S. The highest BCUT2D eigenvalue weighted by Crippen LogP contribution is 2.33. The quantitative estimate of drug-likeness (QED) is 0.768. The van der Waals surface area contributed by atoms with Crippen LogP contribution in [0.5, 0.6) is 0 Å². The molecule has 1 aliphatic heterocycles. The number of fused-ring (bicyclic) bond motifs is 1. The molecule has 0 saturated heterocycles. The standard InChI is InChI=1S/C11H14BrN3S/c1-11(2,3)13-10-15-14-8-5-4-7(12)6-9(8)16-10/h4-6,14H,1-3H3,(H,13,15). The van der Waals surface area contributed by atoms with E-state index in [1.807, 2.05) is 12.1 Å². The molecule has 0 amide bonds. The van der Waals surface area contributed by atoms with E-state index in [0.29, 0.717) is 0 Å². The number of anilines is 1. The summed E-state index contributed by atoms with van der Waals surface area (Å²) in [4.78, 5) is 5.76. The van der Waals surface area contributed by atoms with Gasteiger partial charge in [0.25, 0.3) is 0 Å². The van der Waals surface area contributed by atoms with Crippen LogP contribution in [0.3, 0.4) is 0 Å². The van der Waals surface area contributed by atoms with E-state index < -0.39 is 0 Å². The van der Waals surface area contributed by atoms with E-state index >= 15 is 0 Å². The van der Waals surface area contributed by atoms with Gasteiger partial charge in [-0.1, -0.05) is 15.9 Å². The van der Waals surface area contributed by atoms with Crippen LogP contribution in [0, 0.1) is 0 Å².